The minimum absolute atomic E-state index is 0.0388. The Labute approximate surface area is 111 Å². The minimum Gasteiger partial charge on any atom is -0.480 e. The molecule has 8 nitrogen and oxygen atoms in total. The van der Waals surface area contributed by atoms with Crippen molar-refractivity contribution in [2.45, 2.75) is 25.8 Å². The number of carbonyl (C=O) groups excluding carboxylic acids is 2. The molecule has 1 unspecified atom stereocenters. The molecule has 0 aliphatic carbocycles. The van der Waals surface area contributed by atoms with E-state index in [4.69, 9.17) is 9.84 Å². The number of amides is 2. The summed E-state index contributed by atoms with van der Waals surface area (Å²) in [7, 11) is 1.44. The molecule has 0 heterocycles. The van der Waals surface area contributed by atoms with Gasteiger partial charge in [-0.05, 0) is 6.92 Å². The highest BCUT2D eigenvalue weighted by Gasteiger charge is 2.19. The van der Waals surface area contributed by atoms with Crippen LogP contribution in [0.2, 0.25) is 0 Å². The Morgan fingerprint density at radius 2 is 2.00 bits per heavy atom. The third-order valence-electron chi connectivity index (χ3n) is 2.13. The van der Waals surface area contributed by atoms with Crippen LogP contribution in [-0.4, -0.2) is 56.0 Å². The Morgan fingerprint density at radius 1 is 1.32 bits per heavy atom. The molecular weight excluding hydrogens is 256 g/mol. The molecule has 110 valence electrons. The van der Waals surface area contributed by atoms with E-state index in [1.807, 2.05) is 0 Å². The number of rotatable bonds is 9. The average molecular weight is 276 g/mol. The van der Waals surface area contributed by atoms with Crippen molar-refractivity contribution in [1.82, 2.24) is 10.6 Å². The lowest BCUT2D eigenvalue weighted by atomic mass is 10.2. The molecule has 0 rings (SSSR count). The Hall–Kier alpha value is -1.83. The molecule has 0 aromatic heterocycles. The van der Waals surface area contributed by atoms with Crippen LogP contribution in [0.5, 0.6) is 0 Å². The van der Waals surface area contributed by atoms with Crippen LogP contribution in [0.25, 0.3) is 0 Å². The first kappa shape index (κ1) is 17.2. The summed E-state index contributed by atoms with van der Waals surface area (Å²) in [5.41, 5.74) is 0. The molecule has 0 aromatic carbocycles. The van der Waals surface area contributed by atoms with Crippen LogP contribution >= 0.6 is 0 Å². The summed E-state index contributed by atoms with van der Waals surface area (Å²) in [6, 6.07) is -1.67. The largest absolute Gasteiger partial charge is 0.480 e. The third kappa shape index (κ3) is 8.83. The molecule has 0 fully saturated rings. The number of urea groups is 1. The summed E-state index contributed by atoms with van der Waals surface area (Å²) >= 11 is 0. The van der Waals surface area contributed by atoms with E-state index in [1.165, 1.54) is 7.11 Å². The highest BCUT2D eigenvalue weighted by Crippen LogP contribution is 1.93. The van der Waals surface area contributed by atoms with Crippen LogP contribution in [0.1, 0.15) is 19.8 Å². The van der Waals surface area contributed by atoms with Crippen LogP contribution in [-0.2, 0) is 19.1 Å². The maximum atomic E-state index is 11.4. The van der Waals surface area contributed by atoms with Gasteiger partial charge in [-0.2, -0.15) is 0 Å². The zero-order chi connectivity index (χ0) is 14.7. The minimum atomic E-state index is -1.14. The van der Waals surface area contributed by atoms with Gasteiger partial charge in [0, 0.05) is 26.7 Å². The van der Waals surface area contributed by atoms with Crippen LogP contribution < -0.4 is 10.6 Å². The predicted molar refractivity (Wildman–Crippen MR) is 65.7 cm³/mol. The van der Waals surface area contributed by atoms with Crippen molar-refractivity contribution < 1.29 is 29.0 Å². The highest BCUT2D eigenvalue weighted by atomic mass is 16.5. The van der Waals surface area contributed by atoms with Gasteiger partial charge in [-0.15, -0.1) is 0 Å². The fourth-order valence-electron chi connectivity index (χ4n) is 1.21. The van der Waals surface area contributed by atoms with Gasteiger partial charge in [0.2, 0.25) is 0 Å². The number of hydrogen-bond acceptors (Lipinski definition) is 5. The van der Waals surface area contributed by atoms with Gasteiger partial charge in [-0.1, -0.05) is 0 Å². The highest BCUT2D eigenvalue weighted by molar-refractivity contribution is 5.82. The number of esters is 1. The number of carbonyl (C=O) groups is 3. The summed E-state index contributed by atoms with van der Waals surface area (Å²) in [4.78, 5) is 33.2. The van der Waals surface area contributed by atoms with Gasteiger partial charge in [0.05, 0.1) is 13.0 Å². The van der Waals surface area contributed by atoms with E-state index in [0.29, 0.717) is 0 Å². The van der Waals surface area contributed by atoms with Crippen LogP contribution in [0, 0.1) is 0 Å². The summed E-state index contributed by atoms with van der Waals surface area (Å²) in [5.74, 6) is -1.56. The Morgan fingerprint density at radius 3 is 2.53 bits per heavy atom. The zero-order valence-corrected chi connectivity index (χ0v) is 11.1. The SMILES string of the molecule is CCOC(=O)CCNC(=O)NC(CCOC)C(=O)O. The van der Waals surface area contributed by atoms with Crippen molar-refractivity contribution in [2.24, 2.45) is 0 Å². The van der Waals surface area contributed by atoms with E-state index in [1.54, 1.807) is 6.92 Å². The van der Waals surface area contributed by atoms with Gasteiger partial charge < -0.3 is 25.2 Å². The van der Waals surface area contributed by atoms with E-state index in [-0.39, 0.29) is 32.6 Å². The molecular formula is C11H20N2O6. The Kier molecular flexibility index (Phi) is 9.15. The van der Waals surface area contributed by atoms with Crippen molar-refractivity contribution in [3.05, 3.63) is 0 Å². The van der Waals surface area contributed by atoms with Crippen LogP contribution in [0.4, 0.5) is 4.79 Å². The predicted octanol–water partition coefficient (Wildman–Crippen LogP) is -0.271. The summed E-state index contributed by atoms with van der Waals surface area (Å²) in [5, 5.41) is 13.5. The first-order valence-electron chi connectivity index (χ1n) is 5.93. The molecule has 1 atom stereocenters. The first-order chi connectivity index (χ1) is 9.01. The molecule has 3 N–H and O–H groups in total. The Bertz CT molecular complexity index is 308. The van der Waals surface area contributed by atoms with E-state index in [2.05, 4.69) is 15.4 Å². The molecule has 0 saturated carbocycles. The number of aliphatic carboxylic acids is 1. The molecule has 0 saturated heterocycles. The molecule has 0 radical (unpaired) electrons. The summed E-state index contributed by atoms with van der Waals surface area (Å²) in [6.45, 7) is 2.27. The fourth-order valence-corrected chi connectivity index (χ4v) is 1.21. The molecule has 0 bridgehead atoms. The molecule has 0 aromatic rings. The second-order valence-electron chi connectivity index (χ2n) is 3.63. The molecule has 2 amide bonds. The summed E-state index contributed by atoms with van der Waals surface area (Å²) in [6.07, 6.45) is 0.203. The fraction of sp³-hybridized carbons (Fsp3) is 0.727. The van der Waals surface area contributed by atoms with Crippen LogP contribution in [0.15, 0.2) is 0 Å². The number of hydrogen-bond donors (Lipinski definition) is 3. The lowest BCUT2D eigenvalue weighted by molar-refractivity contribution is -0.143. The molecule has 8 heteroatoms. The van der Waals surface area contributed by atoms with Gasteiger partial charge in [0.15, 0.2) is 0 Å². The van der Waals surface area contributed by atoms with Gasteiger partial charge >= 0.3 is 18.0 Å². The van der Waals surface area contributed by atoms with Gasteiger partial charge in [-0.25, -0.2) is 9.59 Å². The average Bonchev–Trinajstić information content (AvgIpc) is 2.34. The topological polar surface area (TPSA) is 114 Å². The normalized spacial score (nSPS) is 11.5. The van der Waals surface area contributed by atoms with E-state index < -0.39 is 24.0 Å². The number of ether oxygens (including phenoxy) is 2. The number of methoxy groups -OCH3 is 1. The van der Waals surface area contributed by atoms with E-state index >= 15 is 0 Å². The lowest BCUT2D eigenvalue weighted by Crippen LogP contribution is -2.46. The van der Waals surface area contributed by atoms with Crippen LogP contribution in [0.3, 0.4) is 0 Å². The maximum Gasteiger partial charge on any atom is 0.326 e. The molecule has 0 aliphatic heterocycles. The Balaban J connectivity index is 3.93. The zero-order valence-electron chi connectivity index (χ0n) is 11.1. The second kappa shape index (κ2) is 10.1. The number of carboxylic acids is 1. The van der Waals surface area contributed by atoms with E-state index in [0.717, 1.165) is 0 Å². The monoisotopic (exact) mass is 276 g/mol. The van der Waals surface area contributed by atoms with Gasteiger partial charge in [-0.3, -0.25) is 4.79 Å². The van der Waals surface area contributed by atoms with Crippen molar-refractivity contribution in [3.63, 3.8) is 0 Å². The smallest absolute Gasteiger partial charge is 0.326 e. The second-order valence-corrected chi connectivity index (χ2v) is 3.63. The standard InChI is InChI=1S/C11H20N2O6/c1-3-19-9(14)4-6-12-11(17)13-8(10(15)16)5-7-18-2/h8H,3-7H2,1-2H3,(H,15,16)(H2,12,13,17). The van der Waals surface area contributed by atoms with Gasteiger partial charge in [0.1, 0.15) is 6.04 Å². The van der Waals surface area contributed by atoms with Crippen molar-refractivity contribution in [3.8, 4) is 0 Å². The maximum absolute atomic E-state index is 11.4. The third-order valence-corrected chi connectivity index (χ3v) is 2.13. The first-order valence-corrected chi connectivity index (χ1v) is 5.93. The summed E-state index contributed by atoms with van der Waals surface area (Å²) < 4.78 is 9.42. The number of nitrogens with one attached hydrogen (secondary N) is 2. The molecule has 0 spiro atoms. The van der Waals surface area contributed by atoms with Crippen molar-refractivity contribution >= 4 is 18.0 Å². The number of carboxylic acid groups (broad SMARTS) is 1. The van der Waals surface area contributed by atoms with Gasteiger partial charge in [0.25, 0.3) is 0 Å². The van der Waals surface area contributed by atoms with Crippen molar-refractivity contribution in [1.29, 1.82) is 0 Å². The molecule has 0 aliphatic rings. The molecule has 19 heavy (non-hydrogen) atoms. The van der Waals surface area contributed by atoms with E-state index in [9.17, 15) is 14.4 Å². The van der Waals surface area contributed by atoms with Crippen molar-refractivity contribution in [2.75, 3.05) is 26.9 Å². The lowest BCUT2D eigenvalue weighted by Gasteiger charge is -2.14. The quantitative estimate of drug-likeness (QED) is 0.499.